The van der Waals surface area contributed by atoms with Crippen LogP contribution in [-0.4, -0.2) is 31.2 Å². The highest BCUT2D eigenvalue weighted by atomic mass is 32.1. The standard InChI is InChI=1S/C12H20N2O2S/c1-6-16-11(15)10-9(4)17-12(13-10)14(5)7-8(2)3/h8H,6-7H2,1-5H3. The molecule has 1 rings (SSSR count). The van der Waals surface area contributed by atoms with E-state index in [2.05, 4.69) is 23.7 Å². The summed E-state index contributed by atoms with van der Waals surface area (Å²) in [5.41, 5.74) is 0.447. The second-order valence-electron chi connectivity index (χ2n) is 4.40. The summed E-state index contributed by atoms with van der Waals surface area (Å²) in [6.45, 7) is 9.32. The van der Waals surface area contributed by atoms with Crippen LogP contribution in [-0.2, 0) is 4.74 Å². The number of thiazole rings is 1. The Labute approximate surface area is 107 Å². The van der Waals surface area contributed by atoms with Crippen molar-refractivity contribution in [3.63, 3.8) is 0 Å². The van der Waals surface area contributed by atoms with Crippen LogP contribution >= 0.6 is 11.3 Å². The molecule has 0 spiro atoms. The lowest BCUT2D eigenvalue weighted by Crippen LogP contribution is -2.22. The Hall–Kier alpha value is -1.10. The summed E-state index contributed by atoms with van der Waals surface area (Å²) in [4.78, 5) is 19.0. The van der Waals surface area contributed by atoms with Crippen LogP contribution in [0.4, 0.5) is 5.13 Å². The number of hydrogen-bond donors (Lipinski definition) is 0. The summed E-state index contributed by atoms with van der Waals surface area (Å²) in [6, 6.07) is 0. The number of rotatable bonds is 5. The van der Waals surface area contributed by atoms with Gasteiger partial charge in [0.15, 0.2) is 10.8 Å². The number of anilines is 1. The van der Waals surface area contributed by atoms with Gasteiger partial charge in [-0.1, -0.05) is 13.8 Å². The smallest absolute Gasteiger partial charge is 0.358 e. The van der Waals surface area contributed by atoms with Crippen molar-refractivity contribution in [3.05, 3.63) is 10.6 Å². The summed E-state index contributed by atoms with van der Waals surface area (Å²) in [5, 5.41) is 0.874. The summed E-state index contributed by atoms with van der Waals surface area (Å²) in [6.07, 6.45) is 0. The van der Waals surface area contributed by atoms with Gasteiger partial charge in [-0.15, -0.1) is 11.3 Å². The van der Waals surface area contributed by atoms with Gasteiger partial charge in [-0.05, 0) is 19.8 Å². The van der Waals surface area contributed by atoms with Crippen molar-refractivity contribution >= 4 is 22.4 Å². The van der Waals surface area contributed by atoms with Crippen molar-refractivity contribution in [2.75, 3.05) is 25.1 Å². The Morgan fingerprint density at radius 1 is 1.53 bits per heavy atom. The number of nitrogens with zero attached hydrogens (tertiary/aromatic N) is 2. The second kappa shape index (κ2) is 6.00. The Bertz CT molecular complexity index is 388. The molecule has 0 radical (unpaired) electrons. The first kappa shape index (κ1) is 14.0. The molecule has 0 bridgehead atoms. The van der Waals surface area contributed by atoms with Crippen LogP contribution in [0.15, 0.2) is 0 Å². The van der Waals surface area contributed by atoms with Gasteiger partial charge >= 0.3 is 5.97 Å². The molecule has 5 heteroatoms. The molecule has 0 atom stereocenters. The number of aromatic nitrogens is 1. The second-order valence-corrected chi connectivity index (χ2v) is 5.58. The van der Waals surface area contributed by atoms with Crippen molar-refractivity contribution in [3.8, 4) is 0 Å². The van der Waals surface area contributed by atoms with E-state index in [0.29, 0.717) is 18.2 Å². The predicted molar refractivity (Wildman–Crippen MR) is 70.9 cm³/mol. The largest absolute Gasteiger partial charge is 0.461 e. The van der Waals surface area contributed by atoms with Crippen molar-refractivity contribution in [1.82, 2.24) is 4.98 Å². The molecular formula is C12H20N2O2S. The topological polar surface area (TPSA) is 42.4 Å². The van der Waals surface area contributed by atoms with E-state index in [-0.39, 0.29) is 5.97 Å². The first-order chi connectivity index (χ1) is 7.95. The van der Waals surface area contributed by atoms with Crippen molar-refractivity contribution in [1.29, 1.82) is 0 Å². The van der Waals surface area contributed by atoms with Crippen LogP contribution in [0.25, 0.3) is 0 Å². The average Bonchev–Trinajstić information content (AvgIpc) is 2.60. The molecule has 1 aromatic heterocycles. The van der Waals surface area contributed by atoms with Gasteiger partial charge in [-0.2, -0.15) is 0 Å². The van der Waals surface area contributed by atoms with Gasteiger partial charge in [0.1, 0.15) is 0 Å². The molecule has 0 aromatic carbocycles. The molecule has 1 heterocycles. The number of carbonyl (C=O) groups is 1. The van der Waals surface area contributed by atoms with E-state index in [4.69, 9.17) is 4.74 Å². The van der Waals surface area contributed by atoms with E-state index in [9.17, 15) is 4.79 Å². The number of esters is 1. The molecule has 0 aliphatic rings. The monoisotopic (exact) mass is 256 g/mol. The van der Waals surface area contributed by atoms with E-state index in [0.717, 1.165) is 16.6 Å². The quantitative estimate of drug-likeness (QED) is 0.760. The zero-order chi connectivity index (χ0) is 13.0. The fourth-order valence-corrected chi connectivity index (χ4v) is 2.43. The molecule has 17 heavy (non-hydrogen) atoms. The third kappa shape index (κ3) is 3.70. The molecule has 0 fully saturated rings. The SMILES string of the molecule is CCOC(=O)c1nc(N(C)CC(C)C)sc1C. The lowest BCUT2D eigenvalue weighted by atomic mass is 10.2. The molecule has 1 aromatic rings. The third-order valence-electron chi connectivity index (χ3n) is 2.22. The molecule has 0 aliphatic carbocycles. The normalized spacial score (nSPS) is 10.7. The minimum atomic E-state index is -0.328. The van der Waals surface area contributed by atoms with Gasteiger partial charge in [0.05, 0.1) is 6.61 Å². The minimum Gasteiger partial charge on any atom is -0.461 e. The molecule has 0 saturated carbocycles. The zero-order valence-electron chi connectivity index (χ0n) is 11.1. The highest BCUT2D eigenvalue weighted by Gasteiger charge is 2.18. The fourth-order valence-electron chi connectivity index (χ4n) is 1.56. The number of ether oxygens (including phenoxy) is 1. The zero-order valence-corrected chi connectivity index (χ0v) is 11.9. The van der Waals surface area contributed by atoms with E-state index in [1.807, 2.05) is 14.0 Å². The van der Waals surface area contributed by atoms with Crippen molar-refractivity contribution in [2.24, 2.45) is 5.92 Å². The molecule has 0 saturated heterocycles. The number of hydrogen-bond acceptors (Lipinski definition) is 5. The molecule has 0 N–H and O–H groups in total. The molecule has 0 unspecified atom stereocenters. The predicted octanol–water partition coefficient (Wildman–Crippen LogP) is 2.72. The van der Waals surface area contributed by atoms with E-state index in [1.165, 1.54) is 11.3 Å². The molecule has 4 nitrogen and oxygen atoms in total. The maximum atomic E-state index is 11.6. The van der Waals surface area contributed by atoms with E-state index in [1.54, 1.807) is 6.92 Å². The van der Waals surface area contributed by atoms with Gasteiger partial charge in [0, 0.05) is 18.5 Å². The lowest BCUT2D eigenvalue weighted by molar-refractivity contribution is 0.0519. The van der Waals surface area contributed by atoms with Crippen LogP contribution in [0.3, 0.4) is 0 Å². The van der Waals surface area contributed by atoms with E-state index >= 15 is 0 Å². The Morgan fingerprint density at radius 2 is 2.18 bits per heavy atom. The summed E-state index contributed by atoms with van der Waals surface area (Å²) in [7, 11) is 1.99. The molecule has 0 amide bonds. The van der Waals surface area contributed by atoms with E-state index < -0.39 is 0 Å². The van der Waals surface area contributed by atoms with Crippen molar-refractivity contribution in [2.45, 2.75) is 27.7 Å². The average molecular weight is 256 g/mol. The van der Waals surface area contributed by atoms with Gasteiger partial charge in [-0.25, -0.2) is 9.78 Å². The van der Waals surface area contributed by atoms with Crippen LogP contribution < -0.4 is 4.90 Å². The molecule has 0 aliphatic heterocycles. The van der Waals surface area contributed by atoms with Gasteiger partial charge < -0.3 is 9.64 Å². The Kier molecular flexibility index (Phi) is 4.93. The van der Waals surface area contributed by atoms with Gasteiger partial charge in [0.2, 0.25) is 0 Å². The van der Waals surface area contributed by atoms with Crippen molar-refractivity contribution < 1.29 is 9.53 Å². The minimum absolute atomic E-state index is 0.328. The number of aryl methyl sites for hydroxylation is 1. The Balaban J connectivity index is 2.84. The lowest BCUT2D eigenvalue weighted by Gasteiger charge is -2.17. The van der Waals surface area contributed by atoms with Gasteiger partial charge in [0.25, 0.3) is 0 Å². The highest BCUT2D eigenvalue weighted by Crippen LogP contribution is 2.25. The first-order valence-electron chi connectivity index (χ1n) is 5.81. The third-order valence-corrected chi connectivity index (χ3v) is 3.30. The highest BCUT2D eigenvalue weighted by molar-refractivity contribution is 7.15. The molecular weight excluding hydrogens is 236 g/mol. The van der Waals surface area contributed by atoms with Crippen LogP contribution in [0.1, 0.15) is 36.1 Å². The summed E-state index contributed by atoms with van der Waals surface area (Å²) >= 11 is 1.53. The fraction of sp³-hybridized carbons (Fsp3) is 0.667. The van der Waals surface area contributed by atoms with Gasteiger partial charge in [-0.3, -0.25) is 0 Å². The number of carbonyl (C=O) groups excluding carboxylic acids is 1. The summed E-state index contributed by atoms with van der Waals surface area (Å²) in [5.74, 6) is 0.237. The maximum Gasteiger partial charge on any atom is 0.358 e. The maximum absolute atomic E-state index is 11.6. The Morgan fingerprint density at radius 3 is 2.71 bits per heavy atom. The van der Waals surface area contributed by atoms with Crippen LogP contribution in [0, 0.1) is 12.8 Å². The molecule has 96 valence electrons. The van der Waals surface area contributed by atoms with Crippen LogP contribution in [0.5, 0.6) is 0 Å². The van der Waals surface area contributed by atoms with Crippen LogP contribution in [0.2, 0.25) is 0 Å². The summed E-state index contributed by atoms with van der Waals surface area (Å²) < 4.78 is 4.97. The first-order valence-corrected chi connectivity index (χ1v) is 6.63.